The Kier molecular flexibility index (Phi) is 6.56. The molecule has 0 bridgehead atoms. The number of terminal acetylenes is 1. The summed E-state index contributed by atoms with van der Waals surface area (Å²) in [4.78, 5) is 35.8. The van der Waals surface area contributed by atoms with E-state index < -0.39 is 10.8 Å². The van der Waals surface area contributed by atoms with Gasteiger partial charge in [-0.05, 0) is 63.7 Å². The van der Waals surface area contributed by atoms with Crippen molar-refractivity contribution in [3.05, 3.63) is 72.2 Å². The maximum absolute atomic E-state index is 12.2. The molecule has 3 rings (SSSR count). The largest absolute Gasteiger partial charge is 0.488 e. The van der Waals surface area contributed by atoms with E-state index in [0.717, 1.165) is 25.8 Å². The van der Waals surface area contributed by atoms with E-state index in [2.05, 4.69) is 28.5 Å². The molecule has 2 aromatic carbocycles. The normalized spacial score (nSPS) is 14.9. The molecule has 1 aliphatic heterocycles. The molecule has 0 atom stereocenters. The van der Waals surface area contributed by atoms with Crippen LogP contribution in [0.2, 0.25) is 0 Å². The van der Waals surface area contributed by atoms with Crippen molar-refractivity contribution in [2.45, 2.75) is 6.61 Å². The lowest BCUT2D eigenvalue weighted by Crippen LogP contribution is -2.28. The maximum atomic E-state index is 12.2. The predicted molar refractivity (Wildman–Crippen MR) is 118 cm³/mol. The molecule has 0 radical (unpaired) electrons. The minimum absolute atomic E-state index is 0.00919. The first-order chi connectivity index (χ1) is 13.9. The van der Waals surface area contributed by atoms with Crippen molar-refractivity contribution in [3.63, 3.8) is 0 Å². The van der Waals surface area contributed by atoms with Gasteiger partial charge in [-0.25, -0.2) is 0 Å². The first-order valence-electron chi connectivity index (χ1n) is 8.23. The standard InChI is InChI=1S/C20H13IN2O5S/c1-2-8-22-19(24)18(29-20(22)25)11-13-6-7-17(16(21)10-13)28-12-14-4-3-5-15(9-14)23(26)27/h1,3-7,9-11H,8,12H2/b18-11+. The molecule has 2 amide bonds. The van der Waals surface area contributed by atoms with Crippen LogP contribution in [0.15, 0.2) is 47.4 Å². The molecule has 1 heterocycles. The summed E-state index contributed by atoms with van der Waals surface area (Å²) in [5.74, 6) is 2.50. The molecule has 29 heavy (non-hydrogen) atoms. The van der Waals surface area contributed by atoms with Crippen LogP contribution in [0.3, 0.4) is 0 Å². The Hall–Kier alpha value is -2.84. The second-order valence-corrected chi connectivity index (χ2v) is 8.03. The van der Waals surface area contributed by atoms with Crippen molar-refractivity contribution in [1.29, 1.82) is 0 Å². The maximum Gasteiger partial charge on any atom is 0.294 e. The number of nitro benzene ring substituents is 1. The summed E-state index contributed by atoms with van der Waals surface area (Å²) in [5, 5.41) is 10.5. The van der Waals surface area contributed by atoms with Crippen LogP contribution in [0, 0.1) is 26.0 Å². The number of rotatable bonds is 6. The van der Waals surface area contributed by atoms with Crippen molar-refractivity contribution in [2.24, 2.45) is 0 Å². The number of hydrogen-bond acceptors (Lipinski definition) is 6. The Morgan fingerprint density at radius 1 is 1.28 bits per heavy atom. The fourth-order valence-electron chi connectivity index (χ4n) is 2.52. The number of hydrogen-bond donors (Lipinski definition) is 0. The van der Waals surface area contributed by atoms with Crippen molar-refractivity contribution in [3.8, 4) is 18.1 Å². The Morgan fingerprint density at radius 2 is 2.07 bits per heavy atom. The molecule has 0 aromatic heterocycles. The third-order valence-electron chi connectivity index (χ3n) is 3.89. The smallest absolute Gasteiger partial charge is 0.294 e. The number of thioether (sulfide) groups is 1. The molecule has 0 N–H and O–H groups in total. The molecule has 7 nitrogen and oxygen atoms in total. The average Bonchev–Trinajstić information content (AvgIpc) is 2.95. The van der Waals surface area contributed by atoms with E-state index in [1.807, 2.05) is 6.07 Å². The highest BCUT2D eigenvalue weighted by Gasteiger charge is 2.34. The van der Waals surface area contributed by atoms with Gasteiger partial charge >= 0.3 is 0 Å². The van der Waals surface area contributed by atoms with Gasteiger partial charge in [0.25, 0.3) is 16.8 Å². The van der Waals surface area contributed by atoms with Crippen LogP contribution in [0.5, 0.6) is 5.75 Å². The zero-order valence-electron chi connectivity index (χ0n) is 14.8. The predicted octanol–water partition coefficient (Wildman–Crippen LogP) is 4.45. The highest BCUT2D eigenvalue weighted by Crippen LogP contribution is 2.33. The number of nitro groups is 1. The zero-order valence-corrected chi connectivity index (χ0v) is 17.8. The van der Waals surface area contributed by atoms with Gasteiger partial charge in [0.1, 0.15) is 12.4 Å². The number of carbonyl (C=O) groups excluding carboxylic acids is 2. The van der Waals surface area contributed by atoms with Crippen LogP contribution in [0.4, 0.5) is 10.5 Å². The van der Waals surface area contributed by atoms with Crippen LogP contribution in [-0.4, -0.2) is 27.5 Å². The molecule has 0 saturated carbocycles. The Balaban J connectivity index is 1.72. The molecule has 2 aromatic rings. The van der Waals surface area contributed by atoms with Crippen LogP contribution < -0.4 is 4.74 Å². The highest BCUT2D eigenvalue weighted by molar-refractivity contribution is 14.1. The molecule has 0 aliphatic carbocycles. The molecule has 0 spiro atoms. The van der Waals surface area contributed by atoms with E-state index in [1.165, 1.54) is 12.1 Å². The minimum atomic E-state index is -0.451. The van der Waals surface area contributed by atoms with E-state index in [9.17, 15) is 19.7 Å². The second kappa shape index (κ2) is 9.11. The van der Waals surface area contributed by atoms with Gasteiger partial charge in [-0.1, -0.05) is 24.1 Å². The van der Waals surface area contributed by atoms with Gasteiger partial charge in [0.15, 0.2) is 0 Å². The summed E-state index contributed by atoms with van der Waals surface area (Å²) in [6, 6.07) is 11.6. The van der Waals surface area contributed by atoms with E-state index >= 15 is 0 Å². The number of halogens is 1. The number of amides is 2. The van der Waals surface area contributed by atoms with Gasteiger partial charge in [-0.2, -0.15) is 0 Å². The molecular weight excluding hydrogens is 507 g/mol. The Morgan fingerprint density at radius 3 is 2.76 bits per heavy atom. The zero-order chi connectivity index (χ0) is 21.0. The number of non-ortho nitro benzene ring substituents is 1. The summed E-state index contributed by atoms with van der Waals surface area (Å²) in [7, 11) is 0. The van der Waals surface area contributed by atoms with E-state index in [4.69, 9.17) is 11.2 Å². The van der Waals surface area contributed by atoms with Gasteiger partial charge in [-0.3, -0.25) is 24.6 Å². The lowest BCUT2D eigenvalue weighted by Gasteiger charge is -2.09. The highest BCUT2D eigenvalue weighted by atomic mass is 127. The summed E-state index contributed by atoms with van der Waals surface area (Å²) < 4.78 is 6.56. The molecular formula is C20H13IN2O5S. The van der Waals surface area contributed by atoms with Crippen LogP contribution in [0.1, 0.15) is 11.1 Å². The third-order valence-corrected chi connectivity index (χ3v) is 5.64. The lowest BCUT2D eigenvalue weighted by molar-refractivity contribution is -0.384. The van der Waals surface area contributed by atoms with Gasteiger partial charge in [0, 0.05) is 12.1 Å². The third kappa shape index (κ3) is 4.96. The SMILES string of the molecule is C#CCN1C(=O)S/C(=C/c2ccc(OCc3cccc([N+](=O)[O-])c3)c(I)c2)C1=O. The van der Waals surface area contributed by atoms with Gasteiger partial charge in [0.05, 0.1) is 19.9 Å². The number of imide groups is 1. The Labute approximate surface area is 184 Å². The number of nitrogens with zero attached hydrogens (tertiary/aromatic N) is 2. The van der Waals surface area contributed by atoms with E-state index in [-0.39, 0.29) is 24.1 Å². The average molecular weight is 520 g/mol. The monoisotopic (exact) mass is 520 g/mol. The topological polar surface area (TPSA) is 89.8 Å². The first-order valence-corrected chi connectivity index (χ1v) is 10.1. The molecule has 146 valence electrons. The fraction of sp³-hybridized carbons (Fsp3) is 0.100. The summed E-state index contributed by atoms with van der Waals surface area (Å²) in [6.45, 7) is 0.131. The minimum Gasteiger partial charge on any atom is -0.488 e. The molecule has 0 unspecified atom stereocenters. The number of ether oxygens (including phenoxy) is 1. The van der Waals surface area contributed by atoms with Crippen LogP contribution in [0.25, 0.3) is 6.08 Å². The van der Waals surface area contributed by atoms with Crippen molar-refractivity contribution in [1.82, 2.24) is 4.90 Å². The van der Waals surface area contributed by atoms with Gasteiger partial charge in [0.2, 0.25) is 0 Å². The van der Waals surface area contributed by atoms with Gasteiger partial charge < -0.3 is 4.74 Å². The molecule has 9 heteroatoms. The second-order valence-electron chi connectivity index (χ2n) is 5.88. The lowest BCUT2D eigenvalue weighted by atomic mass is 10.2. The molecule has 1 fully saturated rings. The summed E-state index contributed by atoms with van der Waals surface area (Å²) >= 11 is 2.95. The molecule has 1 saturated heterocycles. The fourth-order valence-corrected chi connectivity index (χ4v) is 4.06. The Bertz CT molecular complexity index is 1080. The first kappa shape index (κ1) is 20.9. The summed E-state index contributed by atoms with van der Waals surface area (Å²) in [6.07, 6.45) is 6.82. The van der Waals surface area contributed by atoms with E-state index in [1.54, 1.807) is 30.3 Å². The van der Waals surface area contributed by atoms with Crippen molar-refractivity contribution in [2.75, 3.05) is 6.54 Å². The van der Waals surface area contributed by atoms with Crippen molar-refractivity contribution >= 4 is 57.3 Å². The van der Waals surface area contributed by atoms with E-state index in [0.29, 0.717) is 16.2 Å². The van der Waals surface area contributed by atoms with Crippen molar-refractivity contribution < 1.29 is 19.2 Å². The number of benzene rings is 2. The van der Waals surface area contributed by atoms with Crippen LogP contribution >= 0.6 is 34.4 Å². The van der Waals surface area contributed by atoms with Crippen LogP contribution in [-0.2, 0) is 11.4 Å². The van der Waals surface area contributed by atoms with Gasteiger partial charge in [-0.15, -0.1) is 6.42 Å². The quantitative estimate of drug-likeness (QED) is 0.184. The molecule has 1 aliphatic rings. The summed E-state index contributed by atoms with van der Waals surface area (Å²) in [5.41, 5.74) is 1.43. The number of carbonyl (C=O) groups is 2.